The molecule has 1 aliphatic heterocycles. The molecule has 1 amide bonds. The highest BCUT2D eigenvalue weighted by atomic mass is 19.2. The molecular formula is C13H16F2N2O2. The Balaban J connectivity index is 2.18. The number of hydrogen-bond donors (Lipinski definition) is 2. The van der Waals surface area contributed by atoms with E-state index in [0.717, 1.165) is 12.1 Å². The third-order valence-corrected chi connectivity index (χ3v) is 3.53. The van der Waals surface area contributed by atoms with Crippen LogP contribution in [0.2, 0.25) is 0 Å². The summed E-state index contributed by atoms with van der Waals surface area (Å²) >= 11 is 0. The van der Waals surface area contributed by atoms with Gasteiger partial charge in [0.05, 0.1) is 12.6 Å². The van der Waals surface area contributed by atoms with E-state index in [2.05, 4.69) is 0 Å². The van der Waals surface area contributed by atoms with Gasteiger partial charge in [0.1, 0.15) is 0 Å². The number of primary amides is 1. The summed E-state index contributed by atoms with van der Waals surface area (Å²) < 4.78 is 26.1. The molecule has 1 unspecified atom stereocenters. The lowest BCUT2D eigenvalue weighted by Crippen LogP contribution is -2.41. The second-order valence-corrected chi connectivity index (χ2v) is 4.74. The van der Waals surface area contributed by atoms with Crippen LogP contribution in [0.1, 0.15) is 17.9 Å². The molecule has 0 aliphatic carbocycles. The van der Waals surface area contributed by atoms with Gasteiger partial charge in [-0.25, -0.2) is 8.78 Å². The molecule has 1 aromatic rings. The van der Waals surface area contributed by atoms with Crippen molar-refractivity contribution in [3.05, 3.63) is 35.4 Å². The first-order valence-corrected chi connectivity index (χ1v) is 6.12. The average Bonchev–Trinajstić information content (AvgIpc) is 2.77. The van der Waals surface area contributed by atoms with E-state index in [0.29, 0.717) is 25.1 Å². The topological polar surface area (TPSA) is 66.6 Å². The molecule has 6 heteroatoms. The molecule has 3 N–H and O–H groups in total. The summed E-state index contributed by atoms with van der Waals surface area (Å²) in [6.45, 7) is 0.765. The van der Waals surface area contributed by atoms with E-state index in [1.807, 2.05) is 0 Å². The number of hydrogen-bond acceptors (Lipinski definition) is 3. The van der Waals surface area contributed by atoms with E-state index >= 15 is 0 Å². The van der Waals surface area contributed by atoms with Crippen molar-refractivity contribution >= 4 is 5.91 Å². The van der Waals surface area contributed by atoms with Crippen LogP contribution >= 0.6 is 0 Å². The second kappa shape index (κ2) is 5.63. The van der Waals surface area contributed by atoms with Crippen LogP contribution in [0.4, 0.5) is 8.78 Å². The maximum atomic E-state index is 13.2. The minimum atomic E-state index is -0.895. The molecule has 1 aromatic carbocycles. The Kier molecular flexibility index (Phi) is 4.11. The molecule has 1 fully saturated rings. The third-order valence-electron chi connectivity index (χ3n) is 3.53. The molecule has 19 heavy (non-hydrogen) atoms. The number of nitrogens with two attached hydrogens (primary N) is 1. The van der Waals surface area contributed by atoms with Gasteiger partial charge in [-0.15, -0.1) is 0 Å². The molecular weight excluding hydrogens is 254 g/mol. The Morgan fingerprint density at radius 1 is 1.42 bits per heavy atom. The van der Waals surface area contributed by atoms with E-state index in [-0.39, 0.29) is 12.5 Å². The van der Waals surface area contributed by atoms with Crippen LogP contribution in [-0.4, -0.2) is 41.7 Å². The van der Waals surface area contributed by atoms with E-state index in [1.54, 1.807) is 4.90 Å². The van der Waals surface area contributed by atoms with Crippen LogP contribution in [0.5, 0.6) is 0 Å². The number of nitrogens with zero attached hydrogens (tertiary/aromatic N) is 1. The van der Waals surface area contributed by atoms with Crippen LogP contribution in [0.15, 0.2) is 18.2 Å². The van der Waals surface area contributed by atoms with Crippen LogP contribution in [0.25, 0.3) is 0 Å². The summed E-state index contributed by atoms with van der Waals surface area (Å²) in [6, 6.07) is 3.29. The summed E-state index contributed by atoms with van der Waals surface area (Å²) in [7, 11) is 0. The van der Waals surface area contributed by atoms with Gasteiger partial charge in [-0.3, -0.25) is 9.69 Å². The van der Waals surface area contributed by atoms with Crippen molar-refractivity contribution < 1.29 is 18.7 Å². The zero-order valence-electron chi connectivity index (χ0n) is 10.4. The number of halogens is 2. The first kappa shape index (κ1) is 13.9. The van der Waals surface area contributed by atoms with Crippen LogP contribution in [0, 0.1) is 11.6 Å². The SMILES string of the molecule is NC(=O)C1C[C@H](c2ccc(F)c(F)c2)CN1CCO. The number of benzene rings is 1. The van der Waals surface area contributed by atoms with E-state index in [9.17, 15) is 13.6 Å². The maximum Gasteiger partial charge on any atom is 0.234 e. The van der Waals surface area contributed by atoms with Gasteiger partial charge >= 0.3 is 0 Å². The lowest BCUT2D eigenvalue weighted by Gasteiger charge is -2.20. The number of rotatable bonds is 4. The van der Waals surface area contributed by atoms with Gasteiger partial charge in [0.2, 0.25) is 5.91 Å². The molecule has 0 radical (unpaired) electrons. The summed E-state index contributed by atoms with van der Waals surface area (Å²) in [4.78, 5) is 13.1. The normalized spacial score (nSPS) is 23.7. The lowest BCUT2D eigenvalue weighted by molar-refractivity contribution is -0.122. The average molecular weight is 270 g/mol. The Bertz CT molecular complexity index is 482. The van der Waals surface area contributed by atoms with Crippen LogP contribution in [-0.2, 0) is 4.79 Å². The molecule has 0 saturated carbocycles. The van der Waals surface area contributed by atoms with E-state index < -0.39 is 23.6 Å². The third kappa shape index (κ3) is 2.90. The number of carbonyl (C=O) groups is 1. The van der Waals surface area contributed by atoms with Gasteiger partial charge in [0, 0.05) is 13.1 Å². The van der Waals surface area contributed by atoms with Gasteiger partial charge in [0.25, 0.3) is 0 Å². The molecule has 2 rings (SSSR count). The van der Waals surface area contributed by atoms with Gasteiger partial charge in [-0.1, -0.05) is 6.07 Å². The number of carbonyl (C=O) groups excluding carboxylic acids is 1. The fraction of sp³-hybridized carbons (Fsp3) is 0.462. The summed E-state index contributed by atoms with van der Waals surface area (Å²) in [5, 5.41) is 8.96. The van der Waals surface area contributed by atoms with Crippen molar-refractivity contribution in [3.8, 4) is 0 Å². The summed E-state index contributed by atoms with van der Waals surface area (Å²) in [5.74, 6) is -2.33. The molecule has 104 valence electrons. The fourth-order valence-corrected chi connectivity index (χ4v) is 2.58. The first-order chi connectivity index (χ1) is 9.02. The number of amides is 1. The Hall–Kier alpha value is -1.53. The maximum absolute atomic E-state index is 13.2. The van der Waals surface area contributed by atoms with Gasteiger partial charge in [-0.2, -0.15) is 0 Å². The van der Waals surface area contributed by atoms with Gasteiger partial charge < -0.3 is 10.8 Å². The Morgan fingerprint density at radius 2 is 2.16 bits per heavy atom. The smallest absolute Gasteiger partial charge is 0.234 e. The van der Waals surface area contributed by atoms with Crippen molar-refractivity contribution in [2.45, 2.75) is 18.4 Å². The second-order valence-electron chi connectivity index (χ2n) is 4.74. The number of aliphatic hydroxyl groups is 1. The molecule has 2 atom stereocenters. The molecule has 0 bridgehead atoms. The van der Waals surface area contributed by atoms with Crippen molar-refractivity contribution in [3.63, 3.8) is 0 Å². The highest BCUT2D eigenvalue weighted by Crippen LogP contribution is 2.32. The predicted octanol–water partition coefficient (Wildman–Crippen LogP) is 0.600. The van der Waals surface area contributed by atoms with E-state index in [4.69, 9.17) is 10.8 Å². The quantitative estimate of drug-likeness (QED) is 0.842. The van der Waals surface area contributed by atoms with Crippen molar-refractivity contribution in [1.29, 1.82) is 0 Å². The summed E-state index contributed by atoms with van der Waals surface area (Å²) in [6.07, 6.45) is 0.459. The molecule has 0 spiro atoms. The largest absolute Gasteiger partial charge is 0.395 e. The lowest BCUT2D eigenvalue weighted by atomic mass is 9.96. The highest BCUT2D eigenvalue weighted by molar-refractivity contribution is 5.80. The van der Waals surface area contributed by atoms with Crippen LogP contribution in [0.3, 0.4) is 0 Å². The van der Waals surface area contributed by atoms with E-state index in [1.165, 1.54) is 6.07 Å². The van der Waals surface area contributed by atoms with Crippen molar-refractivity contribution in [2.24, 2.45) is 5.73 Å². The van der Waals surface area contributed by atoms with Crippen molar-refractivity contribution in [2.75, 3.05) is 19.7 Å². The van der Waals surface area contributed by atoms with Gasteiger partial charge in [0.15, 0.2) is 11.6 Å². The predicted molar refractivity (Wildman–Crippen MR) is 65.4 cm³/mol. The van der Waals surface area contributed by atoms with Crippen molar-refractivity contribution in [1.82, 2.24) is 4.90 Å². The number of likely N-dealkylation sites (tertiary alicyclic amines) is 1. The molecule has 0 aromatic heterocycles. The zero-order valence-corrected chi connectivity index (χ0v) is 10.4. The van der Waals surface area contributed by atoms with Crippen LogP contribution < -0.4 is 5.73 Å². The standard InChI is InChI=1S/C13H16F2N2O2/c14-10-2-1-8(5-11(10)15)9-6-12(13(16)19)17(7-9)3-4-18/h1-2,5,9,12,18H,3-4,6-7H2,(H2,16,19)/t9-,12?/m0/s1. The molecule has 1 heterocycles. The molecule has 4 nitrogen and oxygen atoms in total. The minimum absolute atomic E-state index is 0.0751. The molecule has 1 saturated heterocycles. The Labute approximate surface area is 109 Å². The zero-order chi connectivity index (χ0) is 14.0. The minimum Gasteiger partial charge on any atom is -0.395 e. The Morgan fingerprint density at radius 3 is 2.74 bits per heavy atom. The summed E-state index contributed by atoms with van der Waals surface area (Å²) in [5.41, 5.74) is 5.96. The van der Waals surface area contributed by atoms with Gasteiger partial charge in [-0.05, 0) is 30.0 Å². The first-order valence-electron chi connectivity index (χ1n) is 6.12. The number of aliphatic hydroxyl groups excluding tert-OH is 1. The fourth-order valence-electron chi connectivity index (χ4n) is 2.58. The number of β-amino-alcohol motifs (C(OH)–C–C–N with tert-alkyl or cyclic N) is 1. The monoisotopic (exact) mass is 270 g/mol. The highest BCUT2D eigenvalue weighted by Gasteiger charge is 2.36. The molecule has 1 aliphatic rings.